The number of unbranched alkanes of at least 4 members (excludes halogenated alkanes) is 1. The summed E-state index contributed by atoms with van der Waals surface area (Å²) in [6.07, 6.45) is 20.6. The number of fused-ring (bicyclic) bond motifs is 5. The Balaban J connectivity index is 1.46. The van der Waals surface area contributed by atoms with Crippen LogP contribution in [0.25, 0.3) is 0 Å². The monoisotopic (exact) mass is 370 g/mol. The molecular formula is C27H46. The molecule has 0 heteroatoms. The predicted octanol–water partition coefficient (Wildman–Crippen LogP) is 8.42. The number of hydrogen-bond acceptors (Lipinski definition) is 0. The van der Waals surface area contributed by atoms with Gasteiger partial charge < -0.3 is 0 Å². The highest BCUT2D eigenvalue weighted by Crippen LogP contribution is 2.67. The summed E-state index contributed by atoms with van der Waals surface area (Å²) < 4.78 is 0. The Hall–Kier alpha value is -0.260. The van der Waals surface area contributed by atoms with E-state index >= 15 is 0 Å². The van der Waals surface area contributed by atoms with Crippen LogP contribution in [0.15, 0.2) is 11.6 Å². The highest BCUT2D eigenvalue weighted by Gasteiger charge is 2.58. The third-order valence-electron chi connectivity index (χ3n) is 10.1. The first kappa shape index (κ1) is 20.0. The molecule has 3 unspecified atom stereocenters. The molecule has 3 saturated carbocycles. The fourth-order valence-electron chi connectivity index (χ4n) is 8.37. The molecule has 0 aromatic heterocycles. The number of rotatable bonds is 5. The van der Waals surface area contributed by atoms with E-state index in [2.05, 4.69) is 40.7 Å². The standard InChI is InChI=1S/C27H46/c1-19(2)8-6-7-9-21-11-13-24-23-12-10-22-18-20(3)14-16-27(22,5)25(23)15-17-26(21,24)4/h10,19-21,23-25H,6-9,11-18H2,1-5H3/t20?,21-,23-,24?,25?,26+,27-/m0/s1. The molecule has 0 aliphatic heterocycles. The fraction of sp³-hybridized carbons (Fsp3) is 0.926. The Bertz CT molecular complexity index is 556. The molecule has 0 bridgehead atoms. The molecule has 0 saturated heterocycles. The van der Waals surface area contributed by atoms with Crippen LogP contribution < -0.4 is 0 Å². The van der Waals surface area contributed by atoms with Crippen LogP contribution in [0.2, 0.25) is 0 Å². The van der Waals surface area contributed by atoms with Gasteiger partial charge in [0.1, 0.15) is 0 Å². The molecule has 27 heavy (non-hydrogen) atoms. The largest absolute Gasteiger partial charge is 0.0845 e. The molecule has 7 atom stereocenters. The summed E-state index contributed by atoms with van der Waals surface area (Å²) in [6, 6.07) is 0. The van der Waals surface area contributed by atoms with E-state index in [1.54, 1.807) is 6.42 Å². The molecule has 154 valence electrons. The molecule has 0 radical (unpaired) electrons. The minimum absolute atomic E-state index is 0.562. The van der Waals surface area contributed by atoms with Crippen LogP contribution in [0, 0.1) is 46.3 Å². The van der Waals surface area contributed by atoms with Gasteiger partial charge in [-0.3, -0.25) is 0 Å². The summed E-state index contributed by atoms with van der Waals surface area (Å²) in [4.78, 5) is 0. The van der Waals surface area contributed by atoms with Crippen LogP contribution in [0.4, 0.5) is 0 Å². The molecule has 0 heterocycles. The van der Waals surface area contributed by atoms with Crippen molar-refractivity contribution in [2.24, 2.45) is 46.3 Å². The topological polar surface area (TPSA) is 0 Å². The van der Waals surface area contributed by atoms with Crippen LogP contribution in [0.1, 0.15) is 112 Å². The predicted molar refractivity (Wildman–Crippen MR) is 118 cm³/mol. The maximum atomic E-state index is 2.75. The van der Waals surface area contributed by atoms with Crippen LogP contribution in [0.5, 0.6) is 0 Å². The van der Waals surface area contributed by atoms with Gasteiger partial charge in [-0.25, -0.2) is 0 Å². The Morgan fingerprint density at radius 1 is 1.00 bits per heavy atom. The molecule has 4 rings (SSSR count). The van der Waals surface area contributed by atoms with E-state index in [0.717, 1.165) is 35.5 Å². The summed E-state index contributed by atoms with van der Waals surface area (Å²) in [5.41, 5.74) is 3.10. The second-order valence-electron chi connectivity index (χ2n) is 12.1. The molecule has 0 nitrogen and oxygen atoms in total. The lowest BCUT2D eigenvalue weighted by atomic mass is 9.47. The third kappa shape index (κ3) is 3.46. The highest BCUT2D eigenvalue weighted by atomic mass is 14.6. The first-order chi connectivity index (χ1) is 12.8. The second kappa shape index (κ2) is 7.53. The molecular weight excluding hydrogens is 324 g/mol. The normalized spacial score (nSPS) is 46.6. The van der Waals surface area contributed by atoms with Crippen molar-refractivity contribution in [2.45, 2.75) is 112 Å². The fourth-order valence-corrected chi connectivity index (χ4v) is 8.37. The Labute approximate surface area is 170 Å². The quantitative estimate of drug-likeness (QED) is 0.336. The van der Waals surface area contributed by atoms with Crippen molar-refractivity contribution in [3.63, 3.8) is 0 Å². The Morgan fingerprint density at radius 2 is 1.81 bits per heavy atom. The zero-order valence-electron chi connectivity index (χ0n) is 19.0. The van der Waals surface area contributed by atoms with Crippen LogP contribution in [-0.4, -0.2) is 0 Å². The summed E-state index contributed by atoms with van der Waals surface area (Å²) in [5, 5.41) is 0. The molecule has 3 fully saturated rings. The highest BCUT2D eigenvalue weighted by molar-refractivity contribution is 5.24. The SMILES string of the molecule is CC(C)CCCC[C@H]1CCC2[C@@H]3CC=C4CC(C)CC[C@]4(C)C3CC[C@@]21C. The lowest BCUT2D eigenvalue weighted by molar-refractivity contribution is -0.0450. The summed E-state index contributed by atoms with van der Waals surface area (Å²) in [6.45, 7) is 12.6. The van der Waals surface area contributed by atoms with Gasteiger partial charge in [0.15, 0.2) is 0 Å². The molecule has 4 aliphatic rings. The van der Waals surface area contributed by atoms with Gasteiger partial charge in [-0.2, -0.15) is 0 Å². The van der Waals surface area contributed by atoms with Gasteiger partial charge in [-0.1, -0.05) is 65.5 Å². The molecule has 0 amide bonds. The van der Waals surface area contributed by atoms with E-state index in [4.69, 9.17) is 0 Å². The van der Waals surface area contributed by atoms with Gasteiger partial charge in [-0.05, 0) is 104 Å². The average molecular weight is 371 g/mol. The van der Waals surface area contributed by atoms with E-state index in [-0.39, 0.29) is 0 Å². The van der Waals surface area contributed by atoms with Crippen molar-refractivity contribution >= 4 is 0 Å². The van der Waals surface area contributed by atoms with E-state index in [1.165, 1.54) is 70.6 Å². The third-order valence-corrected chi connectivity index (χ3v) is 10.1. The van der Waals surface area contributed by atoms with E-state index in [1.807, 2.05) is 5.57 Å². The summed E-state index contributed by atoms with van der Waals surface area (Å²) in [7, 11) is 0. The second-order valence-corrected chi connectivity index (χ2v) is 12.1. The number of hydrogen-bond donors (Lipinski definition) is 0. The van der Waals surface area contributed by atoms with Gasteiger partial charge in [0.25, 0.3) is 0 Å². The van der Waals surface area contributed by atoms with Crippen LogP contribution >= 0.6 is 0 Å². The van der Waals surface area contributed by atoms with E-state index < -0.39 is 0 Å². The average Bonchev–Trinajstić information content (AvgIpc) is 2.96. The Kier molecular flexibility index (Phi) is 5.59. The molecule has 4 aliphatic carbocycles. The zero-order valence-corrected chi connectivity index (χ0v) is 19.0. The molecule has 0 aromatic carbocycles. The van der Waals surface area contributed by atoms with Gasteiger partial charge in [0.05, 0.1) is 0 Å². The molecule has 0 spiro atoms. The molecule has 0 aromatic rings. The lowest BCUT2D eigenvalue weighted by Crippen LogP contribution is -2.49. The smallest absolute Gasteiger partial charge is 0.00851 e. The van der Waals surface area contributed by atoms with Crippen molar-refractivity contribution in [3.8, 4) is 0 Å². The maximum absolute atomic E-state index is 2.75. The first-order valence-electron chi connectivity index (χ1n) is 12.5. The van der Waals surface area contributed by atoms with Crippen molar-refractivity contribution < 1.29 is 0 Å². The van der Waals surface area contributed by atoms with Crippen molar-refractivity contribution in [1.82, 2.24) is 0 Å². The lowest BCUT2D eigenvalue weighted by Gasteiger charge is -2.58. The summed E-state index contributed by atoms with van der Waals surface area (Å²) >= 11 is 0. The molecule has 0 N–H and O–H groups in total. The van der Waals surface area contributed by atoms with E-state index in [0.29, 0.717) is 10.8 Å². The van der Waals surface area contributed by atoms with Crippen LogP contribution in [-0.2, 0) is 0 Å². The minimum Gasteiger partial charge on any atom is -0.0845 e. The minimum atomic E-state index is 0.562. The van der Waals surface area contributed by atoms with Crippen molar-refractivity contribution in [3.05, 3.63) is 11.6 Å². The first-order valence-corrected chi connectivity index (χ1v) is 12.5. The van der Waals surface area contributed by atoms with Crippen LogP contribution in [0.3, 0.4) is 0 Å². The van der Waals surface area contributed by atoms with Crippen molar-refractivity contribution in [1.29, 1.82) is 0 Å². The van der Waals surface area contributed by atoms with Gasteiger partial charge >= 0.3 is 0 Å². The van der Waals surface area contributed by atoms with Gasteiger partial charge in [-0.15, -0.1) is 0 Å². The zero-order chi connectivity index (χ0) is 19.2. The number of allylic oxidation sites excluding steroid dienone is 2. The van der Waals surface area contributed by atoms with Crippen molar-refractivity contribution in [2.75, 3.05) is 0 Å². The van der Waals surface area contributed by atoms with E-state index in [9.17, 15) is 0 Å². The maximum Gasteiger partial charge on any atom is -0.00851 e. The Morgan fingerprint density at radius 3 is 2.59 bits per heavy atom. The summed E-state index contributed by atoms with van der Waals surface area (Å²) in [5.74, 6) is 5.88. The van der Waals surface area contributed by atoms with Gasteiger partial charge in [0, 0.05) is 0 Å². The van der Waals surface area contributed by atoms with Gasteiger partial charge in [0.2, 0.25) is 0 Å².